The molecule has 0 bridgehead atoms. The number of hydrogen-bond donors (Lipinski definition) is 0. The average Bonchev–Trinajstić information content (AvgIpc) is 3.35. The average molecular weight is 769 g/mol. The number of hydrogen-bond acceptors (Lipinski definition) is 6. The highest BCUT2D eigenvalue weighted by Crippen LogP contribution is 2.37. The van der Waals surface area contributed by atoms with Crippen LogP contribution in [0.25, 0.3) is 101 Å². The van der Waals surface area contributed by atoms with E-state index in [4.69, 9.17) is 15.0 Å². The van der Waals surface area contributed by atoms with Gasteiger partial charge in [0.2, 0.25) is 0 Å². The zero-order chi connectivity index (χ0) is 40.1. The summed E-state index contributed by atoms with van der Waals surface area (Å²) in [6.07, 6.45) is 5.39. The Bertz CT molecular complexity index is 2750. The minimum Gasteiger partial charge on any atom is -0.255 e. The molecule has 6 nitrogen and oxygen atoms in total. The molecule has 4 aromatic carbocycles. The van der Waals surface area contributed by atoms with Crippen LogP contribution >= 0.6 is 0 Å². The summed E-state index contributed by atoms with van der Waals surface area (Å²) in [4.78, 5) is 28.7. The van der Waals surface area contributed by atoms with Crippen LogP contribution < -0.4 is 0 Å². The Balaban J connectivity index is 1.07. The molecule has 282 valence electrons. The van der Waals surface area contributed by atoms with Crippen molar-refractivity contribution in [2.75, 3.05) is 0 Å². The first-order valence-electron chi connectivity index (χ1n) is 19.8. The quantitative estimate of drug-likeness (QED) is 0.145. The van der Waals surface area contributed by atoms with Gasteiger partial charge in [-0.3, -0.25) is 15.0 Å². The van der Waals surface area contributed by atoms with Crippen LogP contribution in [0.15, 0.2) is 219 Å². The third kappa shape index (κ3) is 7.73. The van der Waals surface area contributed by atoms with E-state index in [-0.39, 0.29) is 0 Å². The molecule has 0 radical (unpaired) electrons. The smallest absolute Gasteiger partial charge is 0.0893 e. The highest BCUT2D eigenvalue weighted by molar-refractivity contribution is 5.85. The summed E-state index contributed by atoms with van der Waals surface area (Å²) in [5.41, 5.74) is 17.3. The van der Waals surface area contributed by atoms with E-state index in [1.165, 1.54) is 0 Å². The van der Waals surface area contributed by atoms with Crippen LogP contribution in [0.1, 0.15) is 0 Å². The second-order valence-corrected chi connectivity index (χ2v) is 14.4. The third-order valence-electron chi connectivity index (χ3n) is 10.4. The van der Waals surface area contributed by atoms with E-state index in [2.05, 4.69) is 124 Å². The molecule has 60 heavy (non-hydrogen) atoms. The third-order valence-corrected chi connectivity index (χ3v) is 10.4. The zero-order valence-corrected chi connectivity index (χ0v) is 32.5. The van der Waals surface area contributed by atoms with Gasteiger partial charge in [0, 0.05) is 35.3 Å². The number of aromatic nitrogens is 6. The SMILES string of the molecule is c1ccc(-c2cccc(-c3cccc(-c4cc(-c5cccc(-c6cccc(-c7ccccn7)n6)c5)cc(-c5cccc(-c6cccc(-c7ccccn7)n6)c5)c4)c3)n2)nc1. The number of pyridine rings is 6. The van der Waals surface area contributed by atoms with Crippen LogP contribution in [-0.2, 0) is 0 Å². The molecular weight excluding hydrogens is 733 g/mol. The van der Waals surface area contributed by atoms with Crippen LogP contribution in [-0.4, -0.2) is 29.9 Å². The van der Waals surface area contributed by atoms with E-state index in [0.29, 0.717) is 0 Å². The number of benzene rings is 4. The molecule has 0 aliphatic rings. The largest absolute Gasteiger partial charge is 0.255 e. The van der Waals surface area contributed by atoms with Gasteiger partial charge in [0.25, 0.3) is 0 Å². The molecule has 0 spiro atoms. The maximum atomic E-state index is 5.02. The lowest BCUT2D eigenvalue weighted by molar-refractivity contribution is 1.25. The maximum Gasteiger partial charge on any atom is 0.0893 e. The summed E-state index contributed by atoms with van der Waals surface area (Å²) in [6.45, 7) is 0. The molecular formula is C54H36N6. The molecule has 0 N–H and O–H groups in total. The molecule has 0 amide bonds. The van der Waals surface area contributed by atoms with Crippen LogP contribution in [0.5, 0.6) is 0 Å². The maximum absolute atomic E-state index is 5.02. The van der Waals surface area contributed by atoms with Crippen molar-refractivity contribution in [3.05, 3.63) is 219 Å². The second kappa shape index (κ2) is 16.3. The lowest BCUT2D eigenvalue weighted by Crippen LogP contribution is -1.92. The fraction of sp³-hybridized carbons (Fsp3) is 0. The van der Waals surface area contributed by atoms with E-state index in [1.807, 2.05) is 91.0 Å². The molecule has 6 aromatic heterocycles. The molecule has 0 fully saturated rings. The fourth-order valence-corrected chi connectivity index (χ4v) is 7.46. The van der Waals surface area contributed by atoms with Crippen molar-refractivity contribution < 1.29 is 0 Å². The number of rotatable bonds is 9. The Hall–Kier alpha value is -8.22. The molecule has 0 saturated carbocycles. The molecule has 6 heterocycles. The van der Waals surface area contributed by atoms with Crippen molar-refractivity contribution in [2.45, 2.75) is 0 Å². The van der Waals surface area contributed by atoms with Gasteiger partial charge in [-0.15, -0.1) is 0 Å². The molecule has 10 rings (SSSR count). The van der Waals surface area contributed by atoms with Crippen molar-refractivity contribution in [3.63, 3.8) is 0 Å². The topological polar surface area (TPSA) is 77.3 Å². The zero-order valence-electron chi connectivity index (χ0n) is 32.5. The van der Waals surface area contributed by atoms with Crippen molar-refractivity contribution >= 4 is 0 Å². The van der Waals surface area contributed by atoms with Gasteiger partial charge in [-0.2, -0.15) is 0 Å². The van der Waals surface area contributed by atoms with Crippen LogP contribution in [0.3, 0.4) is 0 Å². The van der Waals surface area contributed by atoms with Gasteiger partial charge in [0.05, 0.1) is 51.2 Å². The van der Waals surface area contributed by atoms with Crippen molar-refractivity contribution in [2.24, 2.45) is 0 Å². The summed E-state index contributed by atoms with van der Waals surface area (Å²) < 4.78 is 0. The molecule has 0 aliphatic carbocycles. The Kier molecular flexibility index (Phi) is 9.84. The van der Waals surface area contributed by atoms with Gasteiger partial charge in [0.15, 0.2) is 0 Å². The Morgan fingerprint density at radius 1 is 0.183 bits per heavy atom. The summed E-state index contributed by atoms with van der Waals surface area (Å²) in [5, 5.41) is 0. The predicted octanol–water partition coefficient (Wildman–Crippen LogP) is 13.1. The highest BCUT2D eigenvalue weighted by atomic mass is 14.8. The fourth-order valence-electron chi connectivity index (χ4n) is 7.46. The standard InChI is InChI=1S/C54H36N6/c1-4-28-55-49(19-1)52-25-10-22-46(58-52)40-16-7-13-37(31-40)43-34-44(38-14-8-17-41(32-38)47-23-11-26-53(59-47)50-20-2-5-29-56-50)36-45(35-43)39-15-9-18-42(33-39)48-24-12-27-54(60-48)51-21-3-6-30-57-51/h1-36H. The predicted molar refractivity (Wildman–Crippen MR) is 242 cm³/mol. The lowest BCUT2D eigenvalue weighted by Gasteiger charge is -2.14. The number of nitrogens with zero attached hydrogens (tertiary/aromatic N) is 6. The summed E-state index contributed by atoms with van der Waals surface area (Å²) in [6, 6.07) is 68.6. The van der Waals surface area contributed by atoms with Gasteiger partial charge < -0.3 is 0 Å². The molecule has 0 unspecified atom stereocenters. The minimum absolute atomic E-state index is 0.836. The van der Waals surface area contributed by atoms with E-state index in [0.717, 1.165) is 101 Å². The van der Waals surface area contributed by atoms with Crippen molar-refractivity contribution in [1.29, 1.82) is 0 Å². The Morgan fingerprint density at radius 3 is 0.733 bits per heavy atom. The first kappa shape index (κ1) is 36.1. The van der Waals surface area contributed by atoms with Crippen molar-refractivity contribution in [3.8, 4) is 101 Å². The highest BCUT2D eigenvalue weighted by Gasteiger charge is 2.13. The minimum atomic E-state index is 0.836. The van der Waals surface area contributed by atoms with Gasteiger partial charge in [-0.1, -0.05) is 91.0 Å². The van der Waals surface area contributed by atoms with E-state index < -0.39 is 0 Å². The second-order valence-electron chi connectivity index (χ2n) is 14.4. The summed E-state index contributed by atoms with van der Waals surface area (Å²) in [7, 11) is 0. The van der Waals surface area contributed by atoms with Crippen LogP contribution in [0.4, 0.5) is 0 Å². The Morgan fingerprint density at radius 2 is 0.433 bits per heavy atom. The van der Waals surface area contributed by atoms with Gasteiger partial charge >= 0.3 is 0 Å². The van der Waals surface area contributed by atoms with Crippen molar-refractivity contribution in [1.82, 2.24) is 29.9 Å². The van der Waals surface area contributed by atoms with Crippen LogP contribution in [0.2, 0.25) is 0 Å². The first-order valence-corrected chi connectivity index (χ1v) is 19.8. The Labute approximate surface area is 348 Å². The van der Waals surface area contributed by atoms with E-state index in [9.17, 15) is 0 Å². The molecule has 0 atom stereocenters. The molecule has 0 saturated heterocycles. The van der Waals surface area contributed by atoms with Gasteiger partial charge in [0.1, 0.15) is 0 Å². The molecule has 6 heteroatoms. The van der Waals surface area contributed by atoms with E-state index >= 15 is 0 Å². The summed E-state index contributed by atoms with van der Waals surface area (Å²) >= 11 is 0. The normalized spacial score (nSPS) is 11.0. The summed E-state index contributed by atoms with van der Waals surface area (Å²) in [5.74, 6) is 0. The van der Waals surface area contributed by atoms with Crippen LogP contribution in [0, 0.1) is 0 Å². The monoisotopic (exact) mass is 768 g/mol. The molecule has 0 aliphatic heterocycles. The van der Waals surface area contributed by atoms with E-state index in [1.54, 1.807) is 18.6 Å². The molecule has 10 aromatic rings. The first-order chi connectivity index (χ1) is 29.7. The van der Waals surface area contributed by atoms with Gasteiger partial charge in [-0.25, -0.2) is 15.0 Å². The van der Waals surface area contributed by atoms with Gasteiger partial charge in [-0.05, 0) is 143 Å². The lowest BCUT2D eigenvalue weighted by atomic mass is 9.91.